The molecule has 3 heterocycles. The molecule has 0 saturated heterocycles. The fourth-order valence-corrected chi connectivity index (χ4v) is 3.96. The summed E-state index contributed by atoms with van der Waals surface area (Å²) in [6.45, 7) is 0. The standard InChI is InChI=1S/C25H17N3O4/c1-30-17-8-9-18-20(11-17)31-25(29)22-21(19(12-26)24(27)32-23(18)22)15-6-4-14(5-7-15)16-3-2-10-28-13-16/h2-11,13,21H,27H2,1H3. The number of nitrogens with two attached hydrogens (primary N) is 1. The van der Waals surface area contributed by atoms with E-state index in [-0.39, 0.29) is 22.8 Å². The molecule has 2 N–H and O–H groups in total. The highest BCUT2D eigenvalue weighted by atomic mass is 16.5. The monoisotopic (exact) mass is 423 g/mol. The van der Waals surface area contributed by atoms with Crippen LogP contribution < -0.4 is 20.8 Å². The third kappa shape index (κ3) is 3.06. The van der Waals surface area contributed by atoms with Crippen LogP contribution in [-0.2, 0) is 0 Å². The number of allylic oxidation sites excluding steroid dienone is 1. The number of hydrogen-bond donors (Lipinski definition) is 1. The lowest BCUT2D eigenvalue weighted by atomic mass is 9.83. The average Bonchev–Trinajstić information content (AvgIpc) is 2.83. The number of aromatic nitrogens is 1. The van der Waals surface area contributed by atoms with Gasteiger partial charge in [-0.2, -0.15) is 5.26 Å². The second kappa shape index (κ2) is 7.60. The van der Waals surface area contributed by atoms with Crippen LogP contribution in [0.1, 0.15) is 17.0 Å². The third-order valence-electron chi connectivity index (χ3n) is 5.51. The first-order valence-electron chi connectivity index (χ1n) is 9.83. The first-order valence-corrected chi connectivity index (χ1v) is 9.83. The van der Waals surface area contributed by atoms with Gasteiger partial charge in [0.05, 0.1) is 24.0 Å². The van der Waals surface area contributed by atoms with Gasteiger partial charge in [0.25, 0.3) is 0 Å². The Hall–Kier alpha value is -4.57. The lowest BCUT2D eigenvalue weighted by Crippen LogP contribution is -2.26. The quantitative estimate of drug-likeness (QED) is 0.494. The number of rotatable bonds is 3. The average molecular weight is 423 g/mol. The van der Waals surface area contributed by atoms with E-state index in [2.05, 4.69) is 11.1 Å². The Bertz CT molecular complexity index is 1470. The van der Waals surface area contributed by atoms with Gasteiger partial charge in [-0.15, -0.1) is 0 Å². The molecule has 1 unspecified atom stereocenters. The van der Waals surface area contributed by atoms with E-state index in [0.29, 0.717) is 16.7 Å². The molecule has 4 aromatic rings. The number of hydrogen-bond acceptors (Lipinski definition) is 7. The summed E-state index contributed by atoms with van der Waals surface area (Å²) in [6, 6.07) is 18.6. The van der Waals surface area contributed by atoms with Crippen molar-refractivity contribution in [2.45, 2.75) is 5.92 Å². The molecule has 1 aliphatic rings. The lowest BCUT2D eigenvalue weighted by Gasteiger charge is -2.26. The minimum Gasteiger partial charge on any atom is -0.497 e. The first kappa shape index (κ1) is 19.4. The minimum absolute atomic E-state index is 0.0379. The number of pyridine rings is 1. The molecule has 0 fully saturated rings. The van der Waals surface area contributed by atoms with Gasteiger partial charge in [0.15, 0.2) is 5.75 Å². The molecule has 2 aromatic heterocycles. The normalized spacial score (nSPS) is 15.1. The summed E-state index contributed by atoms with van der Waals surface area (Å²) in [5, 5.41) is 10.4. The van der Waals surface area contributed by atoms with Crippen LogP contribution in [0.4, 0.5) is 0 Å². The van der Waals surface area contributed by atoms with Crippen molar-refractivity contribution < 1.29 is 13.9 Å². The molecular formula is C25H17N3O4. The Labute approximate surface area is 183 Å². The topological polar surface area (TPSA) is 111 Å². The molecule has 32 heavy (non-hydrogen) atoms. The number of ether oxygens (including phenoxy) is 2. The van der Waals surface area contributed by atoms with Crippen LogP contribution >= 0.6 is 0 Å². The molecule has 0 aliphatic carbocycles. The Morgan fingerprint density at radius 1 is 1.12 bits per heavy atom. The van der Waals surface area contributed by atoms with E-state index in [1.807, 2.05) is 36.4 Å². The van der Waals surface area contributed by atoms with Crippen LogP contribution in [0, 0.1) is 11.3 Å². The Morgan fingerprint density at radius 3 is 2.62 bits per heavy atom. The predicted molar refractivity (Wildman–Crippen MR) is 118 cm³/mol. The summed E-state index contributed by atoms with van der Waals surface area (Å²) in [6.07, 6.45) is 3.48. The van der Waals surface area contributed by atoms with Crippen LogP contribution in [0.3, 0.4) is 0 Å². The van der Waals surface area contributed by atoms with Crippen LogP contribution in [0.25, 0.3) is 22.1 Å². The van der Waals surface area contributed by atoms with E-state index in [4.69, 9.17) is 19.6 Å². The number of benzene rings is 2. The van der Waals surface area contributed by atoms with Crippen molar-refractivity contribution in [1.29, 1.82) is 5.26 Å². The fourth-order valence-electron chi connectivity index (χ4n) is 3.96. The third-order valence-corrected chi connectivity index (χ3v) is 5.51. The zero-order chi connectivity index (χ0) is 22.2. The zero-order valence-electron chi connectivity index (χ0n) is 17.0. The van der Waals surface area contributed by atoms with Gasteiger partial charge in [0.2, 0.25) is 5.88 Å². The summed E-state index contributed by atoms with van der Waals surface area (Å²) in [5.41, 5.74) is 8.88. The predicted octanol–water partition coefficient (Wildman–Crippen LogP) is 4.08. The van der Waals surface area contributed by atoms with Crippen molar-refractivity contribution in [3.05, 3.63) is 100.0 Å². The largest absolute Gasteiger partial charge is 0.497 e. The summed E-state index contributed by atoms with van der Waals surface area (Å²) < 4.78 is 16.6. The van der Waals surface area contributed by atoms with E-state index in [9.17, 15) is 10.1 Å². The minimum atomic E-state index is -0.713. The van der Waals surface area contributed by atoms with Gasteiger partial charge in [-0.3, -0.25) is 4.98 Å². The van der Waals surface area contributed by atoms with Crippen molar-refractivity contribution in [1.82, 2.24) is 4.98 Å². The molecule has 0 saturated carbocycles. The van der Waals surface area contributed by atoms with Gasteiger partial charge in [-0.1, -0.05) is 30.3 Å². The van der Waals surface area contributed by atoms with Gasteiger partial charge in [-0.25, -0.2) is 4.79 Å². The van der Waals surface area contributed by atoms with Crippen LogP contribution in [0.5, 0.6) is 11.5 Å². The van der Waals surface area contributed by atoms with Crippen molar-refractivity contribution in [2.75, 3.05) is 7.11 Å². The molecule has 7 nitrogen and oxygen atoms in total. The second-order valence-electron chi connectivity index (χ2n) is 7.28. The molecule has 0 spiro atoms. The molecule has 1 aliphatic heterocycles. The van der Waals surface area contributed by atoms with Gasteiger partial charge in [0, 0.05) is 18.5 Å². The van der Waals surface area contributed by atoms with Gasteiger partial charge >= 0.3 is 5.63 Å². The van der Waals surface area contributed by atoms with Crippen molar-refractivity contribution in [3.8, 4) is 28.7 Å². The van der Waals surface area contributed by atoms with Gasteiger partial charge in [-0.05, 0) is 34.9 Å². The number of methoxy groups -OCH3 is 1. The molecule has 7 heteroatoms. The molecule has 156 valence electrons. The van der Waals surface area contributed by atoms with E-state index in [1.54, 1.807) is 30.6 Å². The van der Waals surface area contributed by atoms with E-state index < -0.39 is 11.5 Å². The van der Waals surface area contributed by atoms with E-state index in [1.165, 1.54) is 7.11 Å². The highest BCUT2D eigenvalue weighted by molar-refractivity contribution is 5.87. The molecule has 0 radical (unpaired) electrons. The summed E-state index contributed by atoms with van der Waals surface area (Å²) >= 11 is 0. The van der Waals surface area contributed by atoms with Gasteiger partial charge in [0.1, 0.15) is 23.0 Å². The second-order valence-corrected chi connectivity index (χ2v) is 7.28. The Kier molecular flexibility index (Phi) is 4.61. The summed E-state index contributed by atoms with van der Waals surface area (Å²) in [5.74, 6) is 0.0791. The Morgan fingerprint density at radius 2 is 1.94 bits per heavy atom. The highest BCUT2D eigenvalue weighted by Gasteiger charge is 2.35. The number of nitriles is 1. The van der Waals surface area contributed by atoms with Crippen molar-refractivity contribution in [2.24, 2.45) is 5.73 Å². The Balaban J connectivity index is 1.70. The van der Waals surface area contributed by atoms with Crippen molar-refractivity contribution >= 4 is 11.0 Å². The number of nitrogens with zero attached hydrogens (tertiary/aromatic N) is 2. The SMILES string of the molecule is COc1ccc2c3c(c(=O)oc2c1)C(c1ccc(-c2cccnc2)cc1)C(C#N)=C(N)O3. The smallest absolute Gasteiger partial charge is 0.344 e. The number of fused-ring (bicyclic) bond motifs is 3. The maximum Gasteiger partial charge on any atom is 0.344 e. The molecule has 0 bridgehead atoms. The van der Waals surface area contributed by atoms with E-state index in [0.717, 1.165) is 16.7 Å². The highest BCUT2D eigenvalue weighted by Crippen LogP contribution is 2.44. The lowest BCUT2D eigenvalue weighted by molar-refractivity contribution is 0.387. The van der Waals surface area contributed by atoms with Crippen LogP contribution in [0.2, 0.25) is 0 Å². The van der Waals surface area contributed by atoms with Crippen LogP contribution in [-0.4, -0.2) is 12.1 Å². The van der Waals surface area contributed by atoms with Crippen LogP contribution in [0.15, 0.2) is 87.7 Å². The zero-order valence-corrected chi connectivity index (χ0v) is 17.0. The molecule has 0 amide bonds. The summed E-state index contributed by atoms with van der Waals surface area (Å²) in [4.78, 5) is 17.2. The maximum absolute atomic E-state index is 13.0. The molecular weight excluding hydrogens is 406 g/mol. The van der Waals surface area contributed by atoms with E-state index >= 15 is 0 Å². The molecule has 2 aromatic carbocycles. The van der Waals surface area contributed by atoms with Crippen molar-refractivity contribution in [3.63, 3.8) is 0 Å². The summed E-state index contributed by atoms with van der Waals surface area (Å²) in [7, 11) is 1.53. The molecule has 5 rings (SSSR count). The molecule has 1 atom stereocenters. The fraction of sp³-hybridized carbons (Fsp3) is 0.0800. The van der Waals surface area contributed by atoms with Gasteiger partial charge < -0.3 is 19.6 Å². The first-order chi connectivity index (χ1) is 15.6. The maximum atomic E-state index is 13.0.